The molecule has 3 aliphatic heterocycles. The van der Waals surface area contributed by atoms with Crippen molar-refractivity contribution in [2.75, 3.05) is 72.1 Å². The predicted octanol–water partition coefficient (Wildman–Crippen LogP) is 1.01. The van der Waals surface area contributed by atoms with Gasteiger partial charge in [0.25, 0.3) is 5.91 Å². The topological polar surface area (TPSA) is 90.5 Å². The van der Waals surface area contributed by atoms with Gasteiger partial charge in [0.1, 0.15) is 5.82 Å². The zero-order valence-corrected chi connectivity index (χ0v) is 20.3. The van der Waals surface area contributed by atoms with Crippen LogP contribution >= 0.6 is 0 Å². The van der Waals surface area contributed by atoms with Crippen LogP contribution in [0.3, 0.4) is 0 Å². The summed E-state index contributed by atoms with van der Waals surface area (Å²) in [5, 5.41) is 0. The lowest BCUT2D eigenvalue weighted by atomic mass is 10.1. The lowest BCUT2D eigenvalue weighted by Crippen LogP contribution is -2.51. The number of benzene rings is 1. The number of carbonyl (C=O) groups excluding carboxylic acids is 2. The second-order valence-electron chi connectivity index (χ2n) is 9.02. The number of rotatable bonds is 5. The molecule has 4 rings (SSSR count). The van der Waals surface area contributed by atoms with Crippen molar-refractivity contribution in [2.45, 2.75) is 30.6 Å². The Morgan fingerprint density at radius 1 is 0.853 bits per heavy atom. The summed E-state index contributed by atoms with van der Waals surface area (Å²) < 4.78 is 46.9. The number of sulfonamides is 1. The van der Waals surface area contributed by atoms with Gasteiger partial charge >= 0.3 is 0 Å². The van der Waals surface area contributed by atoms with Crippen LogP contribution in [-0.4, -0.2) is 111 Å². The second kappa shape index (κ2) is 11.1. The van der Waals surface area contributed by atoms with E-state index in [1.807, 2.05) is 9.80 Å². The van der Waals surface area contributed by atoms with Crippen LogP contribution in [-0.2, 0) is 19.6 Å². The van der Waals surface area contributed by atoms with E-state index in [1.54, 1.807) is 0 Å². The van der Waals surface area contributed by atoms with Gasteiger partial charge < -0.3 is 14.5 Å². The average Bonchev–Trinajstić information content (AvgIpc) is 3.15. The molecule has 0 atom stereocenters. The summed E-state index contributed by atoms with van der Waals surface area (Å²) >= 11 is 0. The Balaban J connectivity index is 1.37. The van der Waals surface area contributed by atoms with Crippen LogP contribution in [0.1, 0.15) is 36.0 Å². The van der Waals surface area contributed by atoms with Gasteiger partial charge in [-0.05, 0) is 31.0 Å². The first-order valence-corrected chi connectivity index (χ1v) is 13.5. The molecule has 0 N–H and O–H groups in total. The molecule has 1 aromatic carbocycles. The summed E-state index contributed by atoms with van der Waals surface area (Å²) in [6.07, 6.45) is 4.41. The van der Waals surface area contributed by atoms with E-state index in [2.05, 4.69) is 0 Å². The molecule has 3 aliphatic rings. The largest absolute Gasteiger partial charge is 0.379 e. The minimum atomic E-state index is -3.84. The highest BCUT2D eigenvalue weighted by molar-refractivity contribution is 7.89. The number of likely N-dealkylation sites (tertiary alicyclic amines) is 1. The minimum absolute atomic E-state index is 0.0965. The Morgan fingerprint density at radius 3 is 2.15 bits per heavy atom. The quantitative estimate of drug-likeness (QED) is 0.604. The number of halogens is 1. The first kappa shape index (κ1) is 25.0. The summed E-state index contributed by atoms with van der Waals surface area (Å²) in [5.41, 5.74) is -0.247. The second-order valence-corrected chi connectivity index (χ2v) is 11.0. The molecule has 0 saturated carbocycles. The van der Waals surface area contributed by atoms with Crippen LogP contribution in [0.2, 0.25) is 0 Å². The monoisotopic (exact) mass is 496 g/mol. The summed E-state index contributed by atoms with van der Waals surface area (Å²) in [6.45, 7) is 4.72. The molecular formula is C23H33FN4O5S. The van der Waals surface area contributed by atoms with E-state index in [4.69, 9.17) is 4.74 Å². The third-order valence-electron chi connectivity index (χ3n) is 6.75. The molecular weight excluding hydrogens is 463 g/mol. The van der Waals surface area contributed by atoms with Crippen molar-refractivity contribution in [2.24, 2.45) is 0 Å². The van der Waals surface area contributed by atoms with Gasteiger partial charge in [0.15, 0.2) is 0 Å². The first-order valence-electron chi connectivity index (χ1n) is 12.0. The van der Waals surface area contributed by atoms with Crippen molar-refractivity contribution in [1.82, 2.24) is 19.0 Å². The Kier molecular flexibility index (Phi) is 8.18. The zero-order chi connectivity index (χ0) is 24.1. The van der Waals surface area contributed by atoms with Crippen molar-refractivity contribution in [1.29, 1.82) is 0 Å². The molecule has 9 nitrogen and oxygen atoms in total. The van der Waals surface area contributed by atoms with Gasteiger partial charge in [0.05, 0.1) is 30.2 Å². The standard InChI is InChI=1S/C23H33FN4O5S/c24-21-6-5-19(34(31,32)28-13-15-33-16-14-28)17-20(21)23(30)27-11-9-25(10-12-27)18-22(29)26-7-3-1-2-4-8-26/h5-6,17H,1-4,7-16,18H2. The average molecular weight is 497 g/mol. The van der Waals surface area contributed by atoms with E-state index in [0.29, 0.717) is 45.9 Å². The number of piperazine rings is 1. The molecule has 11 heteroatoms. The lowest BCUT2D eigenvalue weighted by molar-refractivity contribution is -0.132. The summed E-state index contributed by atoms with van der Waals surface area (Å²) in [7, 11) is -3.84. The number of carbonyl (C=O) groups is 2. The molecule has 188 valence electrons. The number of hydrogen-bond donors (Lipinski definition) is 0. The number of nitrogens with zero attached hydrogens (tertiary/aromatic N) is 4. The van der Waals surface area contributed by atoms with Gasteiger partial charge in [0.2, 0.25) is 15.9 Å². The fourth-order valence-corrected chi connectivity index (χ4v) is 6.09. The first-order chi connectivity index (χ1) is 16.4. The smallest absolute Gasteiger partial charge is 0.256 e. The van der Waals surface area contributed by atoms with E-state index < -0.39 is 21.7 Å². The van der Waals surface area contributed by atoms with Gasteiger partial charge in [-0.3, -0.25) is 14.5 Å². The Morgan fingerprint density at radius 2 is 1.50 bits per heavy atom. The molecule has 0 bridgehead atoms. The van der Waals surface area contributed by atoms with Crippen molar-refractivity contribution < 1.29 is 27.1 Å². The van der Waals surface area contributed by atoms with Crippen LogP contribution < -0.4 is 0 Å². The molecule has 0 spiro atoms. The normalized spacial score (nSPS) is 21.3. The molecule has 34 heavy (non-hydrogen) atoms. The Bertz CT molecular complexity index is 983. The number of ether oxygens (including phenoxy) is 1. The molecule has 0 aliphatic carbocycles. The number of morpholine rings is 1. The van der Waals surface area contributed by atoms with E-state index in [9.17, 15) is 22.4 Å². The van der Waals surface area contributed by atoms with Gasteiger partial charge in [-0.25, -0.2) is 12.8 Å². The van der Waals surface area contributed by atoms with Crippen molar-refractivity contribution in [3.05, 3.63) is 29.6 Å². The molecule has 0 radical (unpaired) electrons. The third kappa shape index (κ3) is 5.76. The van der Waals surface area contributed by atoms with Crippen LogP contribution in [0.15, 0.2) is 23.1 Å². The maximum absolute atomic E-state index is 14.6. The van der Waals surface area contributed by atoms with Crippen LogP contribution in [0.5, 0.6) is 0 Å². The molecule has 3 heterocycles. The fraction of sp³-hybridized carbons (Fsp3) is 0.652. The highest BCUT2D eigenvalue weighted by atomic mass is 32.2. The molecule has 2 amide bonds. The van der Waals surface area contributed by atoms with Crippen molar-refractivity contribution in [3.8, 4) is 0 Å². The summed E-state index contributed by atoms with van der Waals surface area (Å²) in [4.78, 5) is 31.1. The molecule has 3 fully saturated rings. The van der Waals surface area contributed by atoms with Crippen molar-refractivity contribution >= 4 is 21.8 Å². The minimum Gasteiger partial charge on any atom is -0.379 e. The number of amides is 2. The number of hydrogen-bond acceptors (Lipinski definition) is 6. The molecule has 1 aromatic rings. The SMILES string of the molecule is O=C(CN1CCN(C(=O)c2cc(S(=O)(=O)N3CCOCC3)ccc2F)CC1)N1CCCCCC1. The van der Waals surface area contributed by atoms with Crippen LogP contribution in [0.25, 0.3) is 0 Å². The molecule has 0 aromatic heterocycles. The van der Waals surface area contributed by atoms with Gasteiger partial charge in [-0.2, -0.15) is 4.31 Å². The molecule has 0 unspecified atom stereocenters. The van der Waals surface area contributed by atoms with Gasteiger partial charge in [-0.15, -0.1) is 0 Å². The zero-order valence-electron chi connectivity index (χ0n) is 19.5. The van der Waals surface area contributed by atoms with Crippen LogP contribution in [0, 0.1) is 5.82 Å². The fourth-order valence-electron chi connectivity index (χ4n) is 4.66. The Labute approximate surface area is 200 Å². The van der Waals surface area contributed by atoms with Crippen LogP contribution in [0.4, 0.5) is 4.39 Å². The highest BCUT2D eigenvalue weighted by Gasteiger charge is 2.30. The maximum atomic E-state index is 14.6. The summed E-state index contributed by atoms with van der Waals surface area (Å²) in [6, 6.07) is 3.37. The Hall–Kier alpha value is -2.08. The van der Waals surface area contributed by atoms with Crippen molar-refractivity contribution in [3.63, 3.8) is 0 Å². The predicted molar refractivity (Wildman–Crippen MR) is 123 cm³/mol. The van der Waals surface area contributed by atoms with Gasteiger partial charge in [0, 0.05) is 52.4 Å². The molecule has 3 saturated heterocycles. The maximum Gasteiger partial charge on any atom is 0.256 e. The third-order valence-corrected chi connectivity index (χ3v) is 8.65. The highest BCUT2D eigenvalue weighted by Crippen LogP contribution is 2.22. The van der Waals surface area contributed by atoms with E-state index in [1.165, 1.54) is 15.3 Å². The van der Waals surface area contributed by atoms with E-state index >= 15 is 0 Å². The van der Waals surface area contributed by atoms with E-state index in [-0.39, 0.29) is 29.5 Å². The van der Waals surface area contributed by atoms with Gasteiger partial charge in [-0.1, -0.05) is 12.8 Å². The lowest BCUT2D eigenvalue weighted by Gasteiger charge is -2.35. The summed E-state index contributed by atoms with van der Waals surface area (Å²) in [5.74, 6) is -1.16. The van der Waals surface area contributed by atoms with E-state index in [0.717, 1.165) is 50.9 Å².